The lowest BCUT2D eigenvalue weighted by Gasteiger charge is -2.25. The minimum Gasteiger partial charge on any atom is -0.497 e. The summed E-state index contributed by atoms with van der Waals surface area (Å²) >= 11 is 0. The SMILES string of the molecule is COc1ccc([C@H]2CC(c3ccc(OC)cc3OC)=NN2C(=O)CN(C)C(=O)NC(C)C)cc1. The standard InChI is InChI=1S/C25H32N4O5/c1-16(2)26-25(31)28(3)15-24(30)29-22(17-7-9-18(32-4)10-8-17)14-21(27-29)20-12-11-19(33-5)13-23(20)34-6/h7-13,16,22H,14-15H2,1-6H3,(H,26,31)/t22-/m1/s1. The van der Waals surface area contributed by atoms with Gasteiger partial charge in [0, 0.05) is 31.1 Å². The normalized spacial score (nSPS) is 15.1. The zero-order valence-electron chi connectivity index (χ0n) is 20.5. The monoisotopic (exact) mass is 468 g/mol. The molecule has 0 radical (unpaired) electrons. The molecular formula is C25H32N4O5. The number of methoxy groups -OCH3 is 3. The van der Waals surface area contributed by atoms with Gasteiger partial charge in [-0.1, -0.05) is 12.1 Å². The largest absolute Gasteiger partial charge is 0.497 e. The quantitative estimate of drug-likeness (QED) is 0.641. The number of amides is 3. The first-order valence-electron chi connectivity index (χ1n) is 11.0. The maximum atomic E-state index is 13.3. The second kappa shape index (κ2) is 10.9. The zero-order chi connectivity index (χ0) is 24.8. The van der Waals surface area contributed by atoms with E-state index in [1.165, 1.54) is 9.91 Å². The molecule has 0 aliphatic carbocycles. The van der Waals surface area contributed by atoms with E-state index in [-0.39, 0.29) is 30.6 Å². The Morgan fingerprint density at radius 3 is 2.29 bits per heavy atom. The van der Waals surface area contributed by atoms with E-state index in [1.54, 1.807) is 34.4 Å². The van der Waals surface area contributed by atoms with Crippen molar-refractivity contribution in [2.24, 2.45) is 5.10 Å². The number of hydrogen-bond donors (Lipinski definition) is 1. The smallest absolute Gasteiger partial charge is 0.317 e. The number of ether oxygens (including phenoxy) is 3. The van der Waals surface area contributed by atoms with E-state index in [0.717, 1.165) is 16.9 Å². The number of nitrogens with one attached hydrogen (secondary N) is 1. The topological polar surface area (TPSA) is 92.7 Å². The fraction of sp³-hybridized carbons (Fsp3) is 0.400. The maximum Gasteiger partial charge on any atom is 0.317 e. The number of carbonyl (C=O) groups is 2. The van der Waals surface area contributed by atoms with Crippen molar-refractivity contribution in [2.45, 2.75) is 32.4 Å². The summed E-state index contributed by atoms with van der Waals surface area (Å²) in [5, 5.41) is 8.94. The van der Waals surface area contributed by atoms with E-state index in [9.17, 15) is 9.59 Å². The molecule has 1 aliphatic rings. The van der Waals surface area contributed by atoms with Gasteiger partial charge >= 0.3 is 6.03 Å². The first-order valence-corrected chi connectivity index (χ1v) is 11.0. The van der Waals surface area contributed by atoms with Crippen LogP contribution in [-0.2, 0) is 4.79 Å². The molecule has 0 spiro atoms. The van der Waals surface area contributed by atoms with E-state index in [1.807, 2.05) is 50.2 Å². The molecule has 2 aromatic carbocycles. The molecule has 3 rings (SSSR count). The predicted octanol–water partition coefficient (Wildman–Crippen LogP) is 3.44. The van der Waals surface area contributed by atoms with Crippen molar-refractivity contribution in [3.63, 3.8) is 0 Å². The van der Waals surface area contributed by atoms with E-state index < -0.39 is 0 Å². The van der Waals surface area contributed by atoms with Crippen LogP contribution in [0.1, 0.15) is 37.4 Å². The van der Waals surface area contributed by atoms with Gasteiger partial charge in [0.2, 0.25) is 0 Å². The number of carbonyl (C=O) groups excluding carboxylic acids is 2. The summed E-state index contributed by atoms with van der Waals surface area (Å²) in [6.07, 6.45) is 0.489. The Hall–Kier alpha value is -3.75. The minimum absolute atomic E-state index is 0.0314. The van der Waals surface area contributed by atoms with E-state index in [0.29, 0.717) is 23.6 Å². The van der Waals surface area contributed by atoms with Gasteiger partial charge in [-0.25, -0.2) is 9.80 Å². The Morgan fingerprint density at radius 2 is 1.71 bits per heavy atom. The van der Waals surface area contributed by atoms with Crippen LogP contribution >= 0.6 is 0 Å². The third-order valence-corrected chi connectivity index (χ3v) is 5.52. The van der Waals surface area contributed by atoms with Gasteiger partial charge in [-0.2, -0.15) is 5.10 Å². The Kier molecular flexibility index (Phi) is 7.99. The van der Waals surface area contributed by atoms with E-state index >= 15 is 0 Å². The third kappa shape index (κ3) is 5.59. The number of nitrogens with zero attached hydrogens (tertiary/aromatic N) is 3. The van der Waals surface area contributed by atoms with Gasteiger partial charge in [-0.05, 0) is 43.7 Å². The molecule has 1 atom stereocenters. The highest BCUT2D eigenvalue weighted by atomic mass is 16.5. The number of rotatable bonds is 8. The molecule has 0 saturated carbocycles. The van der Waals surface area contributed by atoms with Gasteiger partial charge in [0.1, 0.15) is 23.8 Å². The van der Waals surface area contributed by atoms with E-state index in [2.05, 4.69) is 10.4 Å². The summed E-state index contributed by atoms with van der Waals surface area (Å²) in [6, 6.07) is 12.4. The molecule has 0 saturated heterocycles. The van der Waals surface area contributed by atoms with Crippen LogP contribution in [0.15, 0.2) is 47.6 Å². The molecule has 3 amide bonds. The number of urea groups is 1. The Labute approximate surface area is 200 Å². The van der Waals surface area contributed by atoms with Crippen LogP contribution in [-0.4, -0.2) is 68.5 Å². The zero-order valence-corrected chi connectivity index (χ0v) is 20.5. The van der Waals surface area contributed by atoms with Crippen molar-refractivity contribution < 1.29 is 23.8 Å². The average molecular weight is 469 g/mol. The highest BCUT2D eigenvalue weighted by Gasteiger charge is 2.35. The van der Waals surface area contributed by atoms with Crippen LogP contribution in [0.4, 0.5) is 4.79 Å². The molecular weight excluding hydrogens is 436 g/mol. The van der Waals surface area contributed by atoms with Gasteiger partial charge in [0.05, 0.1) is 33.1 Å². The van der Waals surface area contributed by atoms with Crippen LogP contribution in [0.25, 0.3) is 0 Å². The van der Waals surface area contributed by atoms with Gasteiger partial charge in [-0.15, -0.1) is 0 Å². The summed E-state index contributed by atoms with van der Waals surface area (Å²) in [5.41, 5.74) is 2.40. The van der Waals surface area contributed by atoms with Gasteiger partial charge in [0.25, 0.3) is 5.91 Å². The fourth-order valence-electron chi connectivity index (χ4n) is 3.73. The Balaban J connectivity index is 1.93. The van der Waals surface area contributed by atoms with Crippen molar-refractivity contribution in [2.75, 3.05) is 34.9 Å². The molecule has 0 fully saturated rings. The fourth-order valence-corrected chi connectivity index (χ4v) is 3.73. The lowest BCUT2D eigenvalue weighted by atomic mass is 9.97. The van der Waals surface area contributed by atoms with Crippen molar-refractivity contribution in [1.82, 2.24) is 15.2 Å². The molecule has 1 aliphatic heterocycles. The first-order chi connectivity index (χ1) is 16.3. The Bertz CT molecular complexity index is 1050. The first kappa shape index (κ1) is 24.9. The summed E-state index contributed by atoms with van der Waals surface area (Å²) in [7, 11) is 6.37. The number of hydrogen-bond acceptors (Lipinski definition) is 6. The van der Waals surface area contributed by atoms with Crippen molar-refractivity contribution >= 4 is 17.6 Å². The van der Waals surface area contributed by atoms with Gasteiger partial charge < -0.3 is 24.4 Å². The molecule has 0 bridgehead atoms. The minimum atomic E-state index is -0.332. The Morgan fingerprint density at radius 1 is 1.06 bits per heavy atom. The maximum absolute atomic E-state index is 13.3. The number of hydrazone groups is 1. The van der Waals surface area contributed by atoms with Gasteiger partial charge in [-0.3, -0.25) is 4.79 Å². The van der Waals surface area contributed by atoms with Gasteiger partial charge in [0.15, 0.2) is 0 Å². The summed E-state index contributed by atoms with van der Waals surface area (Å²) < 4.78 is 16.1. The van der Waals surface area contributed by atoms with Crippen molar-refractivity contribution in [1.29, 1.82) is 0 Å². The van der Waals surface area contributed by atoms with E-state index in [4.69, 9.17) is 14.2 Å². The molecule has 1 N–H and O–H groups in total. The van der Waals surface area contributed by atoms with Crippen molar-refractivity contribution in [3.8, 4) is 17.2 Å². The highest BCUT2D eigenvalue weighted by Crippen LogP contribution is 2.36. The summed E-state index contributed by atoms with van der Waals surface area (Å²) in [6.45, 7) is 3.63. The van der Waals surface area contributed by atoms with Crippen LogP contribution in [0.2, 0.25) is 0 Å². The molecule has 0 aromatic heterocycles. The second-order valence-corrected chi connectivity index (χ2v) is 8.30. The molecule has 34 heavy (non-hydrogen) atoms. The van der Waals surface area contributed by atoms with Crippen LogP contribution in [0, 0.1) is 0 Å². The lowest BCUT2D eigenvalue weighted by molar-refractivity contribution is -0.133. The summed E-state index contributed by atoms with van der Waals surface area (Å²) in [5.74, 6) is 1.71. The second-order valence-electron chi connectivity index (χ2n) is 8.30. The van der Waals surface area contributed by atoms with Crippen molar-refractivity contribution in [3.05, 3.63) is 53.6 Å². The van der Waals surface area contributed by atoms with Crippen LogP contribution in [0.3, 0.4) is 0 Å². The molecule has 9 heteroatoms. The van der Waals surface area contributed by atoms with Crippen LogP contribution in [0.5, 0.6) is 17.2 Å². The number of likely N-dealkylation sites (N-methyl/N-ethyl adjacent to an activating group) is 1. The summed E-state index contributed by atoms with van der Waals surface area (Å²) in [4.78, 5) is 27.0. The molecule has 182 valence electrons. The number of benzene rings is 2. The third-order valence-electron chi connectivity index (χ3n) is 5.52. The van der Waals surface area contributed by atoms with Crippen LogP contribution < -0.4 is 19.5 Å². The average Bonchev–Trinajstić information content (AvgIpc) is 3.28. The predicted molar refractivity (Wildman–Crippen MR) is 130 cm³/mol. The molecule has 2 aromatic rings. The molecule has 9 nitrogen and oxygen atoms in total. The molecule has 0 unspecified atom stereocenters. The molecule has 1 heterocycles. The highest BCUT2D eigenvalue weighted by molar-refractivity contribution is 6.05. The lowest BCUT2D eigenvalue weighted by Crippen LogP contribution is -2.45.